The van der Waals surface area contributed by atoms with E-state index < -0.39 is 4.92 Å². The van der Waals surface area contributed by atoms with Crippen LogP contribution >= 0.6 is 0 Å². The summed E-state index contributed by atoms with van der Waals surface area (Å²) in [5.74, 6) is -0.299. The highest BCUT2D eigenvalue weighted by molar-refractivity contribution is 5.75. The summed E-state index contributed by atoms with van der Waals surface area (Å²) < 4.78 is 6.33. The molecule has 0 saturated carbocycles. The summed E-state index contributed by atoms with van der Waals surface area (Å²) in [6.07, 6.45) is 1.00. The zero-order valence-electron chi connectivity index (χ0n) is 11.1. The van der Waals surface area contributed by atoms with Crippen LogP contribution in [0.5, 0.6) is 0 Å². The minimum absolute atomic E-state index is 0.103. The number of rotatable bonds is 8. The summed E-state index contributed by atoms with van der Waals surface area (Å²) in [5.41, 5.74) is 0.666. The lowest BCUT2D eigenvalue weighted by atomic mass is 10.3. The fourth-order valence-corrected chi connectivity index (χ4v) is 1.55. The van der Waals surface area contributed by atoms with Crippen LogP contribution in [-0.2, 0) is 16.1 Å². The first kappa shape index (κ1) is 15.1. The lowest BCUT2D eigenvalue weighted by Gasteiger charge is -2.04. The Kier molecular flexibility index (Phi) is 5.94. The van der Waals surface area contributed by atoms with E-state index in [4.69, 9.17) is 4.74 Å². The number of nitro groups is 1. The summed E-state index contributed by atoms with van der Waals surface area (Å²) in [6, 6.07) is 1.39. The smallest absolute Gasteiger partial charge is 0.385 e. The van der Waals surface area contributed by atoms with Crippen LogP contribution < -0.4 is 5.32 Å². The van der Waals surface area contributed by atoms with E-state index in [0.29, 0.717) is 25.4 Å². The molecule has 0 spiro atoms. The Morgan fingerprint density at radius 3 is 2.95 bits per heavy atom. The van der Waals surface area contributed by atoms with Gasteiger partial charge in [-0.1, -0.05) is 0 Å². The van der Waals surface area contributed by atoms with E-state index in [-0.39, 0.29) is 18.1 Å². The predicted molar refractivity (Wildman–Crippen MR) is 67.7 cm³/mol. The van der Waals surface area contributed by atoms with Gasteiger partial charge in [-0.25, -0.2) is 0 Å². The first-order chi connectivity index (χ1) is 9.04. The van der Waals surface area contributed by atoms with Crippen LogP contribution in [0.4, 0.5) is 5.82 Å². The molecule has 1 N–H and O–H groups in total. The number of methoxy groups -OCH3 is 1. The molecule has 1 amide bonds. The van der Waals surface area contributed by atoms with Crippen LogP contribution in [0.25, 0.3) is 0 Å². The van der Waals surface area contributed by atoms with Crippen molar-refractivity contribution in [2.24, 2.45) is 0 Å². The van der Waals surface area contributed by atoms with Crippen LogP contribution in [-0.4, -0.2) is 40.9 Å². The molecule has 0 unspecified atom stereocenters. The molecule has 0 aliphatic heterocycles. The van der Waals surface area contributed by atoms with Gasteiger partial charge in [-0.15, -0.1) is 0 Å². The number of aromatic nitrogens is 2. The summed E-state index contributed by atoms with van der Waals surface area (Å²) in [5, 5.41) is 17.1. The quantitative estimate of drug-likeness (QED) is 0.424. The average molecular weight is 270 g/mol. The van der Waals surface area contributed by atoms with Crippen LogP contribution in [0.2, 0.25) is 0 Å². The van der Waals surface area contributed by atoms with Gasteiger partial charge in [-0.2, -0.15) is 4.68 Å². The number of ether oxygens (including phenoxy) is 1. The maximum absolute atomic E-state index is 11.5. The Hall–Kier alpha value is -1.96. The molecule has 0 aliphatic rings. The van der Waals surface area contributed by atoms with Crippen molar-refractivity contribution < 1.29 is 14.5 Å². The number of carbonyl (C=O) groups is 1. The normalized spacial score (nSPS) is 10.4. The summed E-state index contributed by atoms with van der Waals surface area (Å²) in [6.45, 7) is 3.21. The first-order valence-corrected chi connectivity index (χ1v) is 5.99. The topological polar surface area (TPSA) is 99.3 Å². The van der Waals surface area contributed by atoms with Gasteiger partial charge in [0.15, 0.2) is 0 Å². The number of aryl methyl sites for hydroxylation is 2. The van der Waals surface area contributed by atoms with Gasteiger partial charge in [-0.05, 0) is 18.3 Å². The van der Waals surface area contributed by atoms with Crippen molar-refractivity contribution in [2.45, 2.75) is 26.3 Å². The van der Waals surface area contributed by atoms with E-state index >= 15 is 0 Å². The van der Waals surface area contributed by atoms with Gasteiger partial charge in [0.2, 0.25) is 5.91 Å². The molecule has 0 bridgehead atoms. The van der Waals surface area contributed by atoms with Gasteiger partial charge in [0.05, 0.1) is 23.4 Å². The Balaban J connectivity index is 2.35. The summed E-state index contributed by atoms with van der Waals surface area (Å²) in [4.78, 5) is 21.5. The third kappa shape index (κ3) is 5.04. The van der Waals surface area contributed by atoms with Crippen molar-refractivity contribution in [3.05, 3.63) is 21.9 Å². The number of amides is 1. The number of hydrogen-bond acceptors (Lipinski definition) is 5. The standard InChI is InChI=1S/C11H18N4O4/c1-9-8-10(15(17)18)13-14(9)6-4-11(16)12-5-3-7-19-2/h8H,3-7H2,1-2H3,(H,12,16). The average Bonchev–Trinajstić information content (AvgIpc) is 2.74. The second-order valence-corrected chi connectivity index (χ2v) is 4.07. The van der Waals surface area contributed by atoms with Crippen molar-refractivity contribution in [1.29, 1.82) is 0 Å². The fourth-order valence-electron chi connectivity index (χ4n) is 1.55. The predicted octanol–water partition coefficient (Wildman–Crippen LogP) is 0.643. The lowest BCUT2D eigenvalue weighted by molar-refractivity contribution is -0.389. The molecule has 19 heavy (non-hydrogen) atoms. The third-order valence-corrected chi connectivity index (χ3v) is 2.55. The van der Waals surface area contributed by atoms with Gasteiger partial charge < -0.3 is 20.2 Å². The van der Waals surface area contributed by atoms with E-state index in [1.807, 2.05) is 0 Å². The van der Waals surface area contributed by atoms with E-state index in [2.05, 4.69) is 10.4 Å². The second-order valence-electron chi connectivity index (χ2n) is 4.07. The third-order valence-electron chi connectivity index (χ3n) is 2.55. The number of hydrogen-bond donors (Lipinski definition) is 1. The van der Waals surface area contributed by atoms with Crippen molar-refractivity contribution in [3.8, 4) is 0 Å². The largest absolute Gasteiger partial charge is 0.390 e. The van der Waals surface area contributed by atoms with Crippen LogP contribution in [0.3, 0.4) is 0 Å². The summed E-state index contributed by atoms with van der Waals surface area (Å²) >= 11 is 0. The highest BCUT2D eigenvalue weighted by atomic mass is 16.6. The Morgan fingerprint density at radius 1 is 1.63 bits per heavy atom. The maximum atomic E-state index is 11.5. The molecule has 1 aromatic heterocycles. The van der Waals surface area contributed by atoms with Crippen LogP contribution in [0, 0.1) is 17.0 Å². The zero-order chi connectivity index (χ0) is 14.3. The van der Waals surface area contributed by atoms with Gasteiger partial charge in [0.1, 0.15) is 0 Å². The monoisotopic (exact) mass is 270 g/mol. The van der Waals surface area contributed by atoms with Crippen molar-refractivity contribution in [1.82, 2.24) is 15.1 Å². The molecule has 1 aromatic rings. The molecular formula is C11H18N4O4. The molecule has 0 saturated heterocycles. The Morgan fingerprint density at radius 2 is 2.37 bits per heavy atom. The van der Waals surface area contributed by atoms with E-state index in [9.17, 15) is 14.9 Å². The van der Waals surface area contributed by atoms with Crippen molar-refractivity contribution >= 4 is 11.7 Å². The van der Waals surface area contributed by atoms with Gasteiger partial charge >= 0.3 is 5.82 Å². The number of nitrogens with zero attached hydrogens (tertiary/aromatic N) is 3. The SMILES string of the molecule is COCCCNC(=O)CCn1nc([N+](=O)[O-])cc1C. The van der Waals surface area contributed by atoms with Gasteiger partial charge in [0, 0.05) is 26.7 Å². The fraction of sp³-hybridized carbons (Fsp3) is 0.636. The van der Waals surface area contributed by atoms with E-state index in [1.54, 1.807) is 14.0 Å². The lowest BCUT2D eigenvalue weighted by Crippen LogP contribution is -2.26. The zero-order valence-corrected chi connectivity index (χ0v) is 11.1. The van der Waals surface area contributed by atoms with Crippen LogP contribution in [0.15, 0.2) is 6.07 Å². The van der Waals surface area contributed by atoms with E-state index in [1.165, 1.54) is 10.7 Å². The molecule has 8 nitrogen and oxygen atoms in total. The molecule has 0 radical (unpaired) electrons. The molecule has 0 aliphatic carbocycles. The van der Waals surface area contributed by atoms with Crippen LogP contribution in [0.1, 0.15) is 18.5 Å². The molecule has 0 aromatic carbocycles. The maximum Gasteiger partial charge on any atom is 0.390 e. The first-order valence-electron chi connectivity index (χ1n) is 5.99. The Bertz CT molecular complexity index is 444. The van der Waals surface area contributed by atoms with Gasteiger partial charge in [-0.3, -0.25) is 4.79 Å². The molecular weight excluding hydrogens is 252 g/mol. The molecule has 0 fully saturated rings. The minimum atomic E-state index is -0.547. The molecule has 8 heteroatoms. The number of carbonyl (C=O) groups excluding carboxylic acids is 1. The number of nitrogens with one attached hydrogen (secondary N) is 1. The molecule has 0 atom stereocenters. The highest BCUT2D eigenvalue weighted by Gasteiger charge is 2.15. The van der Waals surface area contributed by atoms with E-state index in [0.717, 1.165) is 6.42 Å². The molecule has 106 valence electrons. The Labute approximate surface area is 110 Å². The molecule has 1 heterocycles. The van der Waals surface area contributed by atoms with Crippen molar-refractivity contribution in [3.63, 3.8) is 0 Å². The molecule has 1 rings (SSSR count). The highest BCUT2D eigenvalue weighted by Crippen LogP contribution is 2.11. The van der Waals surface area contributed by atoms with Crippen molar-refractivity contribution in [2.75, 3.05) is 20.3 Å². The second kappa shape index (κ2) is 7.47. The van der Waals surface area contributed by atoms with Gasteiger partial charge in [0.25, 0.3) is 0 Å². The summed E-state index contributed by atoms with van der Waals surface area (Å²) in [7, 11) is 1.61. The minimum Gasteiger partial charge on any atom is -0.385 e.